The van der Waals surface area contributed by atoms with Crippen LogP contribution in [0.1, 0.15) is 18.0 Å². The average molecular weight is 559 g/mol. The zero-order valence-corrected chi connectivity index (χ0v) is 21.6. The maximum Gasteiger partial charge on any atom is 0.242 e. The van der Waals surface area contributed by atoms with Gasteiger partial charge < -0.3 is 4.74 Å². The maximum atomic E-state index is 12.9. The maximum absolute atomic E-state index is 12.9. The molecule has 0 saturated carbocycles. The fourth-order valence-corrected chi connectivity index (χ4v) is 5.87. The molecule has 1 N–H and O–H groups in total. The van der Waals surface area contributed by atoms with Gasteiger partial charge in [-0.05, 0) is 48.0 Å². The molecular weight excluding hydrogens is 540 g/mol. The van der Waals surface area contributed by atoms with E-state index < -0.39 is 10.0 Å². The molecular formula is C23H19Cl4N3O3S. The topological polar surface area (TPSA) is 71.0 Å². The van der Waals surface area contributed by atoms with E-state index in [4.69, 9.17) is 56.2 Å². The molecule has 6 nitrogen and oxygen atoms in total. The van der Waals surface area contributed by atoms with E-state index in [0.29, 0.717) is 27.9 Å². The average Bonchev–Trinajstić information content (AvgIpc) is 3.23. The van der Waals surface area contributed by atoms with Crippen LogP contribution in [0.4, 0.5) is 5.69 Å². The molecule has 0 amide bonds. The quantitative estimate of drug-likeness (QED) is 0.355. The van der Waals surface area contributed by atoms with Gasteiger partial charge in [-0.15, -0.1) is 0 Å². The van der Waals surface area contributed by atoms with Gasteiger partial charge in [-0.3, -0.25) is 5.01 Å². The molecule has 11 heteroatoms. The molecule has 0 fully saturated rings. The lowest BCUT2D eigenvalue weighted by Crippen LogP contribution is -2.29. The third kappa shape index (κ3) is 5.30. The zero-order valence-electron chi connectivity index (χ0n) is 17.8. The molecule has 0 aliphatic carbocycles. The molecule has 3 aromatic carbocycles. The lowest BCUT2D eigenvalue weighted by Gasteiger charge is -2.25. The molecule has 0 spiro atoms. The van der Waals surface area contributed by atoms with Gasteiger partial charge in [-0.1, -0.05) is 64.6 Å². The molecule has 0 radical (unpaired) electrons. The van der Waals surface area contributed by atoms with Crippen molar-refractivity contribution in [2.24, 2.45) is 5.10 Å². The van der Waals surface area contributed by atoms with Crippen LogP contribution in [0.25, 0.3) is 0 Å². The smallest absolute Gasteiger partial charge is 0.242 e. The number of rotatable bonds is 7. The van der Waals surface area contributed by atoms with Gasteiger partial charge in [0.2, 0.25) is 10.0 Å². The van der Waals surface area contributed by atoms with E-state index in [0.717, 1.165) is 11.3 Å². The molecule has 4 rings (SSSR count). The molecule has 1 heterocycles. The van der Waals surface area contributed by atoms with Crippen molar-refractivity contribution in [3.8, 4) is 5.75 Å². The van der Waals surface area contributed by atoms with Gasteiger partial charge in [0.1, 0.15) is 10.6 Å². The molecule has 3 aromatic rings. The Bertz CT molecular complexity index is 1350. The Morgan fingerprint density at radius 3 is 2.44 bits per heavy atom. The van der Waals surface area contributed by atoms with Crippen LogP contribution in [-0.2, 0) is 10.0 Å². The van der Waals surface area contributed by atoms with Crippen LogP contribution in [0.3, 0.4) is 0 Å². The lowest BCUT2D eigenvalue weighted by molar-refractivity contribution is 0.414. The molecule has 0 aromatic heterocycles. The van der Waals surface area contributed by atoms with Crippen LogP contribution in [0, 0.1) is 0 Å². The highest BCUT2D eigenvalue weighted by Crippen LogP contribution is 2.40. The van der Waals surface area contributed by atoms with E-state index >= 15 is 0 Å². The van der Waals surface area contributed by atoms with Crippen molar-refractivity contribution in [2.75, 3.05) is 18.7 Å². The second-order valence-corrected chi connectivity index (χ2v) is 10.8. The number of methoxy groups -OCH3 is 1. The van der Waals surface area contributed by atoms with Crippen molar-refractivity contribution in [1.82, 2.24) is 4.72 Å². The SMILES string of the molecule is COc1ccc(C2CC(CNS(=O)(=O)c3cccc(Cl)c3Cl)=NN2c2ccc(Cl)cc2Cl)cc1. The van der Waals surface area contributed by atoms with E-state index in [-0.39, 0.29) is 27.5 Å². The van der Waals surface area contributed by atoms with E-state index in [1.807, 2.05) is 24.3 Å². The third-order valence-electron chi connectivity index (χ3n) is 5.30. The lowest BCUT2D eigenvalue weighted by atomic mass is 10.0. The van der Waals surface area contributed by atoms with Crippen molar-refractivity contribution in [1.29, 1.82) is 0 Å². The van der Waals surface area contributed by atoms with Crippen LogP contribution in [0.15, 0.2) is 70.7 Å². The Morgan fingerprint density at radius 2 is 1.76 bits per heavy atom. The number of hydrogen-bond donors (Lipinski definition) is 1. The first-order chi connectivity index (χ1) is 16.2. The molecule has 1 atom stereocenters. The predicted molar refractivity (Wildman–Crippen MR) is 138 cm³/mol. The van der Waals surface area contributed by atoms with Crippen molar-refractivity contribution in [2.45, 2.75) is 17.4 Å². The predicted octanol–water partition coefficient (Wildman–Crippen LogP) is 6.59. The summed E-state index contributed by atoms with van der Waals surface area (Å²) in [7, 11) is -2.31. The summed E-state index contributed by atoms with van der Waals surface area (Å²) >= 11 is 24.6. The van der Waals surface area contributed by atoms with Crippen LogP contribution in [-0.4, -0.2) is 27.8 Å². The number of halogens is 4. The van der Waals surface area contributed by atoms with E-state index in [1.54, 1.807) is 30.3 Å². The Morgan fingerprint density at radius 1 is 1.03 bits per heavy atom. The summed E-state index contributed by atoms with van der Waals surface area (Å²) in [5.41, 5.74) is 2.24. The van der Waals surface area contributed by atoms with Gasteiger partial charge in [0.15, 0.2) is 0 Å². The van der Waals surface area contributed by atoms with Crippen LogP contribution in [0.5, 0.6) is 5.75 Å². The van der Waals surface area contributed by atoms with Crippen LogP contribution in [0.2, 0.25) is 20.1 Å². The number of sulfonamides is 1. The molecule has 1 aliphatic rings. The van der Waals surface area contributed by atoms with Crippen molar-refractivity contribution < 1.29 is 13.2 Å². The molecule has 178 valence electrons. The molecule has 1 unspecified atom stereocenters. The summed E-state index contributed by atoms with van der Waals surface area (Å²) in [6.07, 6.45) is 0.469. The summed E-state index contributed by atoms with van der Waals surface area (Å²) in [4.78, 5) is -0.0930. The summed E-state index contributed by atoms with van der Waals surface area (Å²) in [6, 6.07) is 17.0. The number of anilines is 1. The molecule has 0 bridgehead atoms. The van der Waals surface area contributed by atoms with Crippen LogP contribution < -0.4 is 14.5 Å². The van der Waals surface area contributed by atoms with Gasteiger partial charge in [-0.25, -0.2) is 13.1 Å². The van der Waals surface area contributed by atoms with Crippen molar-refractivity contribution in [3.63, 3.8) is 0 Å². The minimum atomic E-state index is -3.91. The minimum Gasteiger partial charge on any atom is -0.497 e. The van der Waals surface area contributed by atoms with Gasteiger partial charge in [0.05, 0.1) is 46.2 Å². The fourth-order valence-electron chi connectivity index (χ4n) is 3.60. The molecule has 1 aliphatic heterocycles. The normalized spacial score (nSPS) is 16.0. The minimum absolute atomic E-state index is 0.0143. The van der Waals surface area contributed by atoms with Crippen molar-refractivity contribution >= 4 is 67.8 Å². The number of nitrogens with one attached hydrogen (secondary N) is 1. The van der Waals surface area contributed by atoms with Gasteiger partial charge >= 0.3 is 0 Å². The largest absolute Gasteiger partial charge is 0.497 e. The number of nitrogens with zero attached hydrogens (tertiary/aromatic N) is 2. The number of ether oxygens (including phenoxy) is 1. The summed E-state index contributed by atoms with van der Waals surface area (Å²) < 4.78 is 33.5. The Balaban J connectivity index is 1.63. The highest BCUT2D eigenvalue weighted by molar-refractivity contribution is 7.89. The Kier molecular flexibility index (Phi) is 7.62. The first kappa shape index (κ1) is 25.1. The zero-order chi connectivity index (χ0) is 24.5. The van der Waals surface area contributed by atoms with E-state index in [2.05, 4.69) is 4.72 Å². The highest BCUT2D eigenvalue weighted by atomic mass is 35.5. The monoisotopic (exact) mass is 557 g/mol. The first-order valence-electron chi connectivity index (χ1n) is 10.1. The highest BCUT2D eigenvalue weighted by Gasteiger charge is 2.31. The van der Waals surface area contributed by atoms with E-state index in [1.165, 1.54) is 18.2 Å². The Labute approximate surface area is 218 Å². The summed E-state index contributed by atoms with van der Waals surface area (Å²) in [6.45, 7) is -0.0143. The molecule has 34 heavy (non-hydrogen) atoms. The third-order valence-corrected chi connectivity index (χ3v) is 8.21. The second kappa shape index (κ2) is 10.3. The fraction of sp³-hybridized carbons (Fsp3) is 0.174. The van der Waals surface area contributed by atoms with E-state index in [9.17, 15) is 8.42 Å². The Hall–Kier alpha value is -2.00. The number of hydrogen-bond acceptors (Lipinski definition) is 5. The molecule has 0 saturated heterocycles. The first-order valence-corrected chi connectivity index (χ1v) is 13.1. The van der Waals surface area contributed by atoms with Gasteiger partial charge in [0.25, 0.3) is 0 Å². The second-order valence-electron chi connectivity index (χ2n) is 7.48. The standard InChI is InChI=1S/C23H19Cl4N3O3S/c1-33-17-8-5-14(6-9-17)21-12-16(29-30(21)20-10-7-15(24)11-19(20)26)13-28-34(31,32)22-4-2-3-18(25)23(22)27/h2-11,21,28H,12-13H2,1H3. The summed E-state index contributed by atoms with van der Waals surface area (Å²) in [5, 5.41) is 7.53. The van der Waals surface area contributed by atoms with Crippen LogP contribution >= 0.6 is 46.4 Å². The van der Waals surface area contributed by atoms with Gasteiger partial charge in [-0.2, -0.15) is 5.10 Å². The summed E-state index contributed by atoms with van der Waals surface area (Å²) in [5.74, 6) is 0.727. The number of benzene rings is 3. The van der Waals surface area contributed by atoms with Crippen molar-refractivity contribution in [3.05, 3.63) is 86.3 Å². The van der Waals surface area contributed by atoms with Gasteiger partial charge in [0, 0.05) is 11.4 Å². The number of hydrazone groups is 1.